The van der Waals surface area contributed by atoms with Gasteiger partial charge in [0.2, 0.25) is 0 Å². The van der Waals surface area contributed by atoms with Crippen LogP contribution in [0, 0.1) is 108 Å². The highest BCUT2D eigenvalue weighted by Gasteiger charge is 2.63. The van der Waals surface area contributed by atoms with Crippen LogP contribution in [0.4, 0.5) is 0 Å². The number of carbonyl (C=O) groups is 5. The van der Waals surface area contributed by atoms with Crippen LogP contribution >= 0.6 is 0 Å². The first-order valence-electron chi connectivity index (χ1n) is 39.0. The van der Waals surface area contributed by atoms with Gasteiger partial charge < -0.3 is 49.6 Å². The van der Waals surface area contributed by atoms with Crippen molar-refractivity contribution in [3.63, 3.8) is 0 Å². The molecular weight excluding hydrogens is 1270 g/mol. The summed E-state index contributed by atoms with van der Waals surface area (Å²) in [6.45, 7) is 49.0. The highest BCUT2D eigenvalue weighted by atomic mass is 16.6. The van der Waals surface area contributed by atoms with E-state index in [0.717, 1.165) is 138 Å². The number of fused-ring (bicyclic) bond motifs is 4. The summed E-state index contributed by atoms with van der Waals surface area (Å²) >= 11 is 0. The van der Waals surface area contributed by atoms with Crippen LogP contribution in [-0.2, 0) is 42.9 Å². The van der Waals surface area contributed by atoms with Crippen molar-refractivity contribution >= 4 is 29.7 Å². The molecule has 15 nitrogen and oxygen atoms in total. The van der Waals surface area contributed by atoms with E-state index in [1.807, 2.05) is 40.7 Å². The summed E-state index contributed by atoms with van der Waals surface area (Å²) in [4.78, 5) is 60.3. The number of aliphatic hydroxyl groups excluding tert-OH is 5. The SMILES string of the molecule is C=C1CC[C@@H]2[C@](C)(CC)[C@H](O)CC[C@@]2(C)[C@@H]1C/C=C1/C(=O)OC[C@H]1C.C=C1CC[C@@H]2[C@](C)(CO)[C@H](O)CC[C@@]2(C)[C@@H]1C/C=C1/C(=O)OC[C@H]1C.C=C1CC[C@H]2[C@@](C)(CCC(=O)[C@@]2(C)CC)[C@@H]1C/C=C1/C(=O)OC[C@H]1C.C=C1CC[C@H]2[C@@](C)(CCC(C)(O)[C@@]2(C)CO)[C@@H]1C/C=C1/C(=O)OC[C@H]1O. The number of esters is 4. The van der Waals surface area contributed by atoms with Crippen LogP contribution in [-0.4, -0.2) is 124 Å². The molecule has 6 N–H and O–H groups in total. The Kier molecular flexibility index (Phi) is 24.3. The number of aliphatic hydroxyl groups is 6. The number of ketones is 1. The number of ether oxygens (including phenoxy) is 4. The Labute approximate surface area is 605 Å². The highest BCUT2D eigenvalue weighted by Crippen LogP contribution is 2.67. The van der Waals surface area contributed by atoms with Crippen molar-refractivity contribution in [3.8, 4) is 0 Å². The Morgan fingerprint density at radius 2 is 0.762 bits per heavy atom. The van der Waals surface area contributed by atoms with Gasteiger partial charge in [-0.2, -0.15) is 0 Å². The molecular formula is C86H130O15. The van der Waals surface area contributed by atoms with Crippen molar-refractivity contribution in [2.24, 2.45) is 108 Å². The predicted molar refractivity (Wildman–Crippen MR) is 394 cm³/mol. The van der Waals surface area contributed by atoms with E-state index in [0.29, 0.717) is 80.5 Å². The average Bonchev–Trinajstić information content (AvgIpc) is 0.779. The molecule has 0 bridgehead atoms. The van der Waals surface area contributed by atoms with E-state index in [-0.39, 0.29) is 118 Å². The number of cyclic esters (lactones) is 4. The molecule has 4 aliphatic heterocycles. The maximum absolute atomic E-state index is 12.7. The topological polar surface area (TPSA) is 244 Å². The summed E-state index contributed by atoms with van der Waals surface area (Å²) in [6, 6.07) is 0. The Morgan fingerprint density at radius 1 is 0.416 bits per heavy atom. The second kappa shape index (κ2) is 30.6. The van der Waals surface area contributed by atoms with Crippen molar-refractivity contribution in [2.75, 3.05) is 39.6 Å². The average molecular weight is 1400 g/mol. The normalized spacial score (nSPS) is 45.9. The first-order chi connectivity index (χ1) is 47.3. The largest absolute Gasteiger partial charge is 0.462 e. The molecule has 8 aliphatic carbocycles. The fourth-order valence-corrected chi connectivity index (χ4v) is 23.3. The van der Waals surface area contributed by atoms with Crippen LogP contribution in [0.3, 0.4) is 0 Å². The first-order valence-corrected chi connectivity index (χ1v) is 39.0. The summed E-state index contributed by atoms with van der Waals surface area (Å²) in [6.07, 6.45) is 26.2. The molecule has 4 saturated heterocycles. The molecule has 564 valence electrons. The van der Waals surface area contributed by atoms with Crippen molar-refractivity contribution in [1.82, 2.24) is 0 Å². The lowest BCUT2D eigenvalue weighted by atomic mass is 9.43. The number of rotatable bonds is 12. The van der Waals surface area contributed by atoms with Gasteiger partial charge in [0.15, 0.2) is 0 Å². The Hall–Kier alpha value is -4.77. The summed E-state index contributed by atoms with van der Waals surface area (Å²) < 4.78 is 20.4. The Balaban J connectivity index is 0.000000157. The smallest absolute Gasteiger partial charge is 0.336 e. The van der Waals surface area contributed by atoms with Gasteiger partial charge >= 0.3 is 23.9 Å². The van der Waals surface area contributed by atoms with E-state index < -0.39 is 34.6 Å². The van der Waals surface area contributed by atoms with Gasteiger partial charge in [-0.3, -0.25) is 4.79 Å². The maximum Gasteiger partial charge on any atom is 0.336 e. The van der Waals surface area contributed by atoms with Crippen LogP contribution in [0.25, 0.3) is 0 Å². The summed E-state index contributed by atoms with van der Waals surface area (Å²) in [7, 11) is 0. The molecule has 1 unspecified atom stereocenters. The molecule has 12 aliphatic rings. The number of hydrogen-bond donors (Lipinski definition) is 6. The molecule has 0 spiro atoms. The van der Waals surface area contributed by atoms with Crippen molar-refractivity contribution in [3.05, 3.63) is 95.2 Å². The van der Waals surface area contributed by atoms with Crippen LogP contribution in [0.1, 0.15) is 238 Å². The van der Waals surface area contributed by atoms with E-state index in [4.69, 9.17) is 18.9 Å². The number of hydrogen-bond acceptors (Lipinski definition) is 15. The Morgan fingerprint density at radius 3 is 1.12 bits per heavy atom. The quantitative estimate of drug-likeness (QED) is 0.0461. The van der Waals surface area contributed by atoms with Gasteiger partial charge in [-0.25, -0.2) is 19.2 Å². The van der Waals surface area contributed by atoms with Gasteiger partial charge in [0, 0.05) is 57.1 Å². The van der Waals surface area contributed by atoms with E-state index >= 15 is 0 Å². The molecule has 0 aromatic heterocycles. The lowest BCUT2D eigenvalue weighted by Crippen LogP contribution is -2.62. The molecule has 0 aromatic carbocycles. The molecule has 0 aromatic rings. The monoisotopic (exact) mass is 1400 g/mol. The maximum atomic E-state index is 12.7. The number of Topliss-reactive ketones (excluding diaryl/α,β-unsaturated/α-hetero) is 1. The van der Waals surface area contributed by atoms with Crippen LogP contribution in [0.2, 0.25) is 0 Å². The van der Waals surface area contributed by atoms with E-state index in [1.54, 1.807) is 0 Å². The minimum Gasteiger partial charge on any atom is -0.462 e. The summed E-state index contributed by atoms with van der Waals surface area (Å²) in [5.41, 5.74) is 5.79. The third kappa shape index (κ3) is 14.5. The van der Waals surface area contributed by atoms with E-state index in [1.165, 1.54) is 16.7 Å². The standard InChI is InChI=1S/C22H34O3.C22H32O3.C21H32O5.C21H32O4/c2*1-6-21(4)18-10-7-14(2)17(22(18,5)12-11-19(21)23)9-8-16-15(3)13-25-20(16)24;1-13-5-8-17-19(2,9-10-21(4,25)20(17,3)12-22)15(13)7-6-14-16(23)11-26-18(14)24;1-13-5-8-17-20(3,10-9-18(23)21(17,4)12-22)16(13)7-6-15-14(2)11-25-19(15)24/h8,15,17-19,23H,2,6-7,9-13H2,1,3-5H3;8,15,17-18H,2,6-7,9-13H2,1,3-5H3;6,15-17,22-23,25H,1,5,7-12H2,2-4H3;6,14,16-18,22-23H,1,5,7-12H2,2-4H3/b2*16-8+;14-6+;15-6+/t15-,17-,18-,19-,21+,22+;15-,17-,18-,21+,22+;15-,16-,17+,19+,20+,21?;14-,16-,17+,18-,20+,21+/m1111/s1. The second-order valence-corrected chi connectivity index (χ2v) is 36.1. The zero-order valence-corrected chi connectivity index (χ0v) is 64.4. The third-order valence-corrected chi connectivity index (χ3v) is 30.9. The third-order valence-electron chi connectivity index (χ3n) is 30.9. The van der Waals surface area contributed by atoms with Crippen LogP contribution in [0.15, 0.2) is 95.2 Å². The highest BCUT2D eigenvalue weighted by molar-refractivity contribution is 5.92. The van der Waals surface area contributed by atoms with Gasteiger partial charge in [0.1, 0.15) is 18.5 Å². The first kappa shape index (κ1) is 80.3. The Bertz CT molecular complexity index is 3210. The van der Waals surface area contributed by atoms with Gasteiger partial charge in [0.25, 0.3) is 0 Å². The van der Waals surface area contributed by atoms with Crippen molar-refractivity contribution < 1.29 is 73.6 Å². The van der Waals surface area contributed by atoms with Crippen LogP contribution in [0.5, 0.6) is 0 Å². The molecule has 23 atom stereocenters. The van der Waals surface area contributed by atoms with Gasteiger partial charge in [-0.1, -0.05) is 163 Å². The number of carbonyl (C=O) groups excluding carboxylic acids is 5. The predicted octanol–water partition coefficient (Wildman–Crippen LogP) is 15.1. The van der Waals surface area contributed by atoms with Gasteiger partial charge in [-0.15, -0.1) is 0 Å². The molecule has 12 fully saturated rings. The summed E-state index contributed by atoms with van der Waals surface area (Å²) in [5, 5.41) is 62.4. The summed E-state index contributed by atoms with van der Waals surface area (Å²) in [5.74, 6) is 2.55. The van der Waals surface area contributed by atoms with Crippen LogP contribution < -0.4 is 0 Å². The van der Waals surface area contributed by atoms with Crippen molar-refractivity contribution in [2.45, 2.75) is 262 Å². The fraction of sp³-hybridized carbons (Fsp3) is 0.756. The molecule has 8 saturated carbocycles. The minimum absolute atomic E-state index is 0.00511. The van der Waals surface area contributed by atoms with Gasteiger partial charge in [-0.05, 0) is 216 Å². The molecule has 4 heterocycles. The number of allylic oxidation sites excluding steroid dienone is 8. The van der Waals surface area contributed by atoms with Crippen molar-refractivity contribution in [1.29, 1.82) is 0 Å². The van der Waals surface area contributed by atoms with E-state index in [9.17, 15) is 54.6 Å². The molecule has 101 heavy (non-hydrogen) atoms. The molecule has 12 rings (SSSR count). The lowest BCUT2D eigenvalue weighted by molar-refractivity contribution is -0.201. The van der Waals surface area contributed by atoms with Gasteiger partial charge in [0.05, 0.1) is 56.4 Å². The van der Waals surface area contributed by atoms with E-state index in [2.05, 4.69) is 107 Å². The molecule has 0 amide bonds. The fourth-order valence-electron chi connectivity index (χ4n) is 23.3. The zero-order chi connectivity index (χ0) is 74.5. The lowest BCUT2D eigenvalue weighted by Gasteiger charge is -2.63. The zero-order valence-electron chi connectivity index (χ0n) is 64.4. The molecule has 15 heteroatoms. The second-order valence-electron chi connectivity index (χ2n) is 36.1. The molecule has 0 radical (unpaired) electrons. The minimum atomic E-state index is -0.904.